The van der Waals surface area contributed by atoms with Crippen LogP contribution in [0.4, 0.5) is 17.3 Å². The number of nitrogens with two attached hydrogens (primary N) is 1. The Kier molecular flexibility index (Phi) is 5.37. The average Bonchev–Trinajstić information content (AvgIpc) is 2.49. The van der Waals surface area contributed by atoms with E-state index in [1.165, 1.54) is 17.5 Å². The fourth-order valence-corrected chi connectivity index (χ4v) is 1.95. The van der Waals surface area contributed by atoms with E-state index < -0.39 is 0 Å². The average molecular weight is 285 g/mol. The van der Waals surface area contributed by atoms with Crippen LogP contribution in [-0.4, -0.2) is 16.5 Å². The molecule has 0 atom stereocenters. The van der Waals surface area contributed by atoms with Crippen molar-refractivity contribution in [3.63, 3.8) is 0 Å². The monoisotopic (exact) mass is 285 g/mol. The number of hydrogen-bond donors (Lipinski definition) is 3. The minimum Gasteiger partial charge on any atom is -0.393 e. The number of aromatic nitrogens is 2. The van der Waals surface area contributed by atoms with E-state index in [-0.39, 0.29) is 0 Å². The van der Waals surface area contributed by atoms with Crippen LogP contribution in [-0.2, 0) is 6.54 Å². The Hall–Kier alpha value is -2.30. The first-order chi connectivity index (χ1) is 10.2. The van der Waals surface area contributed by atoms with Crippen LogP contribution in [0.2, 0.25) is 0 Å². The third kappa shape index (κ3) is 4.34. The van der Waals surface area contributed by atoms with Gasteiger partial charge in [-0.15, -0.1) is 0 Å². The molecule has 0 aliphatic carbocycles. The van der Waals surface area contributed by atoms with E-state index in [2.05, 4.69) is 58.7 Å². The van der Waals surface area contributed by atoms with Gasteiger partial charge in [0, 0.05) is 13.1 Å². The quantitative estimate of drug-likeness (QED) is 0.681. The number of nitrogens with one attached hydrogen (secondary N) is 2. The summed E-state index contributed by atoms with van der Waals surface area (Å²) in [6.45, 7) is 5.79. The van der Waals surface area contributed by atoms with Crippen molar-refractivity contribution < 1.29 is 0 Å². The van der Waals surface area contributed by atoms with Crippen LogP contribution in [0.3, 0.4) is 0 Å². The lowest BCUT2D eigenvalue weighted by molar-refractivity contribution is 0.830. The zero-order valence-corrected chi connectivity index (χ0v) is 12.7. The molecule has 2 rings (SSSR count). The number of anilines is 3. The molecule has 2 aromatic rings. The van der Waals surface area contributed by atoms with E-state index in [4.69, 9.17) is 5.73 Å². The SMILES string of the molecule is CCCCNc1ncnc(NCc2ccc(C)cc2)c1N. The van der Waals surface area contributed by atoms with Crippen LogP contribution in [0, 0.1) is 6.92 Å². The second-order valence-corrected chi connectivity index (χ2v) is 5.10. The van der Waals surface area contributed by atoms with E-state index >= 15 is 0 Å². The molecule has 4 N–H and O–H groups in total. The maximum atomic E-state index is 6.10. The summed E-state index contributed by atoms with van der Waals surface area (Å²) in [5.41, 5.74) is 9.12. The molecule has 112 valence electrons. The van der Waals surface area contributed by atoms with Crippen LogP contribution >= 0.6 is 0 Å². The van der Waals surface area contributed by atoms with Gasteiger partial charge in [-0.1, -0.05) is 43.2 Å². The van der Waals surface area contributed by atoms with Gasteiger partial charge in [0.15, 0.2) is 11.6 Å². The molecular formula is C16H23N5. The first-order valence-corrected chi connectivity index (χ1v) is 7.34. The zero-order valence-electron chi connectivity index (χ0n) is 12.7. The summed E-state index contributed by atoms with van der Waals surface area (Å²) >= 11 is 0. The topological polar surface area (TPSA) is 75.9 Å². The van der Waals surface area contributed by atoms with Gasteiger partial charge in [-0.3, -0.25) is 0 Å². The van der Waals surface area contributed by atoms with Gasteiger partial charge in [-0.05, 0) is 18.9 Å². The number of nitrogens with zero attached hydrogens (tertiary/aromatic N) is 2. The van der Waals surface area contributed by atoms with Crippen molar-refractivity contribution in [1.29, 1.82) is 0 Å². The molecule has 0 aliphatic heterocycles. The Morgan fingerprint density at radius 2 is 1.71 bits per heavy atom. The molecule has 0 amide bonds. The maximum Gasteiger partial charge on any atom is 0.155 e. The summed E-state index contributed by atoms with van der Waals surface area (Å²) in [4.78, 5) is 8.40. The Morgan fingerprint density at radius 1 is 1.05 bits per heavy atom. The molecule has 1 heterocycles. The van der Waals surface area contributed by atoms with Crippen LogP contribution in [0.15, 0.2) is 30.6 Å². The van der Waals surface area contributed by atoms with Gasteiger partial charge in [0.1, 0.15) is 12.0 Å². The Labute approximate surface area is 126 Å². The van der Waals surface area contributed by atoms with Crippen LogP contribution in [0.5, 0.6) is 0 Å². The third-order valence-electron chi connectivity index (χ3n) is 3.29. The highest BCUT2D eigenvalue weighted by atomic mass is 15.1. The van der Waals surface area contributed by atoms with Crippen molar-refractivity contribution in [2.24, 2.45) is 0 Å². The summed E-state index contributed by atoms with van der Waals surface area (Å²) in [6, 6.07) is 8.39. The van der Waals surface area contributed by atoms with Crippen LogP contribution < -0.4 is 16.4 Å². The Bertz CT molecular complexity index is 565. The number of nitrogen functional groups attached to an aromatic ring is 1. The van der Waals surface area contributed by atoms with Gasteiger partial charge in [0.05, 0.1) is 0 Å². The van der Waals surface area contributed by atoms with Gasteiger partial charge < -0.3 is 16.4 Å². The molecule has 0 aliphatic rings. The zero-order chi connectivity index (χ0) is 15.1. The minimum atomic E-state index is 0.570. The summed E-state index contributed by atoms with van der Waals surface area (Å²) in [5.74, 6) is 1.37. The Balaban J connectivity index is 1.99. The molecule has 0 saturated carbocycles. The first kappa shape index (κ1) is 15.1. The number of rotatable bonds is 7. The molecule has 0 unspecified atom stereocenters. The molecule has 5 heteroatoms. The van der Waals surface area contributed by atoms with Crippen molar-refractivity contribution in [3.8, 4) is 0 Å². The highest BCUT2D eigenvalue weighted by Crippen LogP contribution is 2.22. The predicted octanol–water partition coefficient (Wildman–Crippen LogP) is 3.19. The normalized spacial score (nSPS) is 10.4. The van der Waals surface area contributed by atoms with E-state index in [1.807, 2.05) is 0 Å². The molecule has 0 fully saturated rings. The van der Waals surface area contributed by atoms with Gasteiger partial charge in [0.25, 0.3) is 0 Å². The molecule has 0 radical (unpaired) electrons. The lowest BCUT2D eigenvalue weighted by Gasteiger charge is -2.12. The molecule has 1 aromatic carbocycles. The predicted molar refractivity (Wildman–Crippen MR) is 88.3 cm³/mol. The second-order valence-electron chi connectivity index (χ2n) is 5.10. The van der Waals surface area contributed by atoms with Gasteiger partial charge in [0.2, 0.25) is 0 Å². The van der Waals surface area contributed by atoms with E-state index in [9.17, 15) is 0 Å². The summed E-state index contributed by atoms with van der Waals surface area (Å²) in [6.07, 6.45) is 3.76. The summed E-state index contributed by atoms with van der Waals surface area (Å²) < 4.78 is 0. The number of hydrogen-bond acceptors (Lipinski definition) is 5. The molecule has 5 nitrogen and oxygen atoms in total. The molecule has 0 spiro atoms. The van der Waals surface area contributed by atoms with Crippen LogP contribution in [0.25, 0.3) is 0 Å². The van der Waals surface area contributed by atoms with Gasteiger partial charge in [-0.25, -0.2) is 9.97 Å². The fourth-order valence-electron chi connectivity index (χ4n) is 1.95. The largest absolute Gasteiger partial charge is 0.393 e. The number of aryl methyl sites for hydroxylation is 1. The number of unbranched alkanes of at least 4 members (excludes halogenated alkanes) is 1. The summed E-state index contributed by atoms with van der Waals surface area (Å²) in [7, 11) is 0. The molecule has 0 bridgehead atoms. The number of benzene rings is 1. The lowest BCUT2D eigenvalue weighted by Crippen LogP contribution is -2.10. The van der Waals surface area contributed by atoms with E-state index in [0.717, 1.165) is 19.4 Å². The molecule has 0 saturated heterocycles. The van der Waals surface area contributed by atoms with Crippen molar-refractivity contribution in [2.75, 3.05) is 22.9 Å². The second kappa shape index (κ2) is 7.47. The van der Waals surface area contributed by atoms with Crippen LogP contribution in [0.1, 0.15) is 30.9 Å². The summed E-state index contributed by atoms with van der Waals surface area (Å²) in [5, 5.41) is 6.51. The van der Waals surface area contributed by atoms with Gasteiger partial charge >= 0.3 is 0 Å². The van der Waals surface area contributed by atoms with Gasteiger partial charge in [-0.2, -0.15) is 0 Å². The maximum absolute atomic E-state index is 6.10. The highest BCUT2D eigenvalue weighted by molar-refractivity contribution is 5.73. The highest BCUT2D eigenvalue weighted by Gasteiger charge is 2.07. The fraction of sp³-hybridized carbons (Fsp3) is 0.375. The lowest BCUT2D eigenvalue weighted by atomic mass is 10.1. The third-order valence-corrected chi connectivity index (χ3v) is 3.29. The van der Waals surface area contributed by atoms with Crippen molar-refractivity contribution >= 4 is 17.3 Å². The molecule has 1 aromatic heterocycles. The first-order valence-electron chi connectivity index (χ1n) is 7.34. The van der Waals surface area contributed by atoms with Crippen molar-refractivity contribution in [1.82, 2.24) is 9.97 Å². The molecule has 21 heavy (non-hydrogen) atoms. The van der Waals surface area contributed by atoms with E-state index in [1.54, 1.807) is 0 Å². The smallest absolute Gasteiger partial charge is 0.155 e. The van der Waals surface area contributed by atoms with Crippen molar-refractivity contribution in [3.05, 3.63) is 41.7 Å². The standard InChI is InChI=1S/C16H23N5/c1-3-4-9-18-15-14(17)16(21-11-20-15)19-10-13-7-5-12(2)6-8-13/h5-8,11H,3-4,9-10,17H2,1-2H3,(H2,18,19,20,21). The Morgan fingerprint density at radius 3 is 2.38 bits per heavy atom. The molecular weight excluding hydrogens is 262 g/mol. The van der Waals surface area contributed by atoms with E-state index in [0.29, 0.717) is 23.9 Å². The van der Waals surface area contributed by atoms with Crippen molar-refractivity contribution in [2.45, 2.75) is 33.2 Å². The minimum absolute atomic E-state index is 0.570.